The van der Waals surface area contributed by atoms with Gasteiger partial charge in [-0.05, 0) is 47.9 Å². The smallest absolute Gasteiger partial charge is 0.248 e. The molecule has 1 aliphatic rings. The summed E-state index contributed by atoms with van der Waals surface area (Å²) in [7, 11) is 0. The number of tetrazole rings is 1. The first kappa shape index (κ1) is 16.4. The van der Waals surface area contributed by atoms with Crippen molar-refractivity contribution in [2.75, 3.05) is 5.32 Å². The van der Waals surface area contributed by atoms with Crippen molar-refractivity contribution >= 4 is 11.6 Å². The molecule has 3 N–H and O–H groups in total. The molecule has 2 aromatic carbocycles. The molecule has 1 amide bonds. The van der Waals surface area contributed by atoms with E-state index in [1.807, 2.05) is 59.3 Å². The number of carbonyl (C=O) groups excluding carboxylic acids is 1. The standard InChI is InChI=1S/C19H20N6O/c1-19(20,14-7-3-2-4-8-14)18(26)21-15-9-5-6-13(12-15)17-22-23-24-25(17)16-10-11-16/h2-9,12,16H,10-11,20H2,1H3,(H,21,26). The van der Waals surface area contributed by atoms with Crippen molar-refractivity contribution in [2.45, 2.75) is 31.3 Å². The van der Waals surface area contributed by atoms with Crippen molar-refractivity contribution in [3.63, 3.8) is 0 Å². The molecule has 3 aromatic rings. The molecule has 1 unspecified atom stereocenters. The number of hydrogen-bond donors (Lipinski definition) is 2. The van der Waals surface area contributed by atoms with Crippen molar-refractivity contribution in [2.24, 2.45) is 5.73 Å². The lowest BCUT2D eigenvalue weighted by Gasteiger charge is -2.24. The molecule has 0 radical (unpaired) electrons. The number of nitrogens with one attached hydrogen (secondary N) is 1. The molecular weight excluding hydrogens is 328 g/mol. The van der Waals surface area contributed by atoms with Gasteiger partial charge in [0.15, 0.2) is 5.82 Å². The molecule has 7 heteroatoms. The largest absolute Gasteiger partial charge is 0.324 e. The number of anilines is 1. The van der Waals surface area contributed by atoms with E-state index in [1.165, 1.54) is 0 Å². The topological polar surface area (TPSA) is 98.7 Å². The fourth-order valence-electron chi connectivity index (χ4n) is 2.86. The van der Waals surface area contributed by atoms with Gasteiger partial charge in [0.2, 0.25) is 5.91 Å². The number of hydrogen-bond acceptors (Lipinski definition) is 5. The fourth-order valence-corrected chi connectivity index (χ4v) is 2.86. The molecule has 1 aliphatic carbocycles. The van der Waals surface area contributed by atoms with E-state index in [9.17, 15) is 4.79 Å². The van der Waals surface area contributed by atoms with Crippen molar-refractivity contribution in [1.82, 2.24) is 20.2 Å². The average molecular weight is 348 g/mol. The zero-order chi connectivity index (χ0) is 18.1. The van der Waals surface area contributed by atoms with Crippen molar-refractivity contribution in [3.05, 3.63) is 60.2 Å². The van der Waals surface area contributed by atoms with E-state index in [0.717, 1.165) is 24.0 Å². The number of nitrogens with zero attached hydrogens (tertiary/aromatic N) is 4. The van der Waals surface area contributed by atoms with Gasteiger partial charge in [-0.3, -0.25) is 4.79 Å². The normalized spacial score (nSPS) is 16.1. The molecule has 132 valence electrons. The molecule has 4 rings (SSSR count). The van der Waals surface area contributed by atoms with Crippen LogP contribution >= 0.6 is 0 Å². The molecule has 7 nitrogen and oxygen atoms in total. The Balaban J connectivity index is 1.57. The highest BCUT2D eigenvalue weighted by Gasteiger charge is 2.31. The van der Waals surface area contributed by atoms with Crippen LogP contribution < -0.4 is 11.1 Å². The molecule has 1 aromatic heterocycles. The highest BCUT2D eigenvalue weighted by atomic mass is 16.2. The fraction of sp³-hybridized carbons (Fsp3) is 0.263. The van der Waals surface area contributed by atoms with Crippen LogP contribution in [0.3, 0.4) is 0 Å². The van der Waals surface area contributed by atoms with Gasteiger partial charge in [-0.2, -0.15) is 0 Å². The molecule has 1 atom stereocenters. The number of aromatic nitrogens is 4. The van der Waals surface area contributed by atoms with Crippen LogP contribution in [0.1, 0.15) is 31.4 Å². The quantitative estimate of drug-likeness (QED) is 0.738. The van der Waals surface area contributed by atoms with E-state index in [0.29, 0.717) is 17.6 Å². The van der Waals surface area contributed by atoms with E-state index in [4.69, 9.17) is 5.73 Å². The summed E-state index contributed by atoms with van der Waals surface area (Å²) in [5.41, 5.74) is 7.43. The highest BCUT2D eigenvalue weighted by Crippen LogP contribution is 2.36. The summed E-state index contributed by atoms with van der Waals surface area (Å²) < 4.78 is 1.85. The minimum atomic E-state index is -1.13. The second kappa shape index (κ2) is 6.34. The van der Waals surface area contributed by atoms with Crippen LogP contribution in [0.15, 0.2) is 54.6 Å². The number of amides is 1. The number of nitrogens with two attached hydrogens (primary N) is 1. The third-order valence-electron chi connectivity index (χ3n) is 4.61. The highest BCUT2D eigenvalue weighted by molar-refractivity contribution is 5.98. The molecule has 1 fully saturated rings. The van der Waals surface area contributed by atoms with Gasteiger partial charge in [0.25, 0.3) is 0 Å². The first-order chi connectivity index (χ1) is 12.6. The zero-order valence-corrected chi connectivity index (χ0v) is 14.5. The Morgan fingerprint density at radius 2 is 1.96 bits per heavy atom. The monoisotopic (exact) mass is 348 g/mol. The Bertz CT molecular complexity index is 930. The summed E-state index contributed by atoms with van der Waals surface area (Å²) in [5.74, 6) is 0.435. The van der Waals surface area contributed by atoms with E-state index >= 15 is 0 Å². The second-order valence-corrected chi connectivity index (χ2v) is 6.78. The van der Waals surface area contributed by atoms with E-state index in [2.05, 4.69) is 20.8 Å². The van der Waals surface area contributed by atoms with Gasteiger partial charge in [-0.15, -0.1) is 5.10 Å². The number of carbonyl (C=O) groups is 1. The van der Waals surface area contributed by atoms with Gasteiger partial charge in [-0.1, -0.05) is 42.5 Å². The van der Waals surface area contributed by atoms with E-state index < -0.39 is 5.54 Å². The summed E-state index contributed by atoms with van der Waals surface area (Å²) in [5, 5.41) is 14.9. The van der Waals surface area contributed by atoms with Gasteiger partial charge in [0, 0.05) is 11.3 Å². The Hall–Kier alpha value is -3.06. The number of benzene rings is 2. The Labute approximate surface area is 151 Å². The van der Waals surface area contributed by atoms with Crippen LogP contribution in [0.4, 0.5) is 5.69 Å². The van der Waals surface area contributed by atoms with Gasteiger partial charge >= 0.3 is 0 Å². The summed E-state index contributed by atoms with van der Waals surface area (Å²) >= 11 is 0. The molecule has 1 saturated carbocycles. The Morgan fingerprint density at radius 1 is 1.19 bits per heavy atom. The second-order valence-electron chi connectivity index (χ2n) is 6.78. The van der Waals surface area contributed by atoms with Gasteiger partial charge in [0.1, 0.15) is 5.54 Å². The summed E-state index contributed by atoms with van der Waals surface area (Å²) in [6.07, 6.45) is 2.19. The van der Waals surface area contributed by atoms with Gasteiger partial charge < -0.3 is 11.1 Å². The molecule has 26 heavy (non-hydrogen) atoms. The van der Waals surface area contributed by atoms with Gasteiger partial charge in [0.05, 0.1) is 6.04 Å². The third-order valence-corrected chi connectivity index (χ3v) is 4.61. The molecular formula is C19H20N6O. The SMILES string of the molecule is CC(N)(C(=O)Nc1cccc(-c2nnnn2C2CC2)c1)c1ccccc1. The molecule has 1 heterocycles. The maximum Gasteiger partial charge on any atom is 0.248 e. The summed E-state index contributed by atoms with van der Waals surface area (Å²) in [4.78, 5) is 12.7. The lowest BCUT2D eigenvalue weighted by molar-refractivity contribution is -0.120. The average Bonchev–Trinajstić information content (AvgIpc) is 3.39. The van der Waals surface area contributed by atoms with Crippen LogP contribution in [0.2, 0.25) is 0 Å². The van der Waals surface area contributed by atoms with Crippen LogP contribution in [-0.2, 0) is 10.3 Å². The van der Waals surface area contributed by atoms with E-state index in [-0.39, 0.29) is 5.91 Å². The van der Waals surface area contributed by atoms with Crippen LogP contribution in [0.25, 0.3) is 11.4 Å². The molecule has 0 saturated heterocycles. The predicted octanol–water partition coefficient (Wildman–Crippen LogP) is 2.49. The van der Waals surface area contributed by atoms with E-state index in [1.54, 1.807) is 6.92 Å². The minimum absolute atomic E-state index is 0.275. The van der Waals surface area contributed by atoms with Gasteiger partial charge in [-0.25, -0.2) is 4.68 Å². The third kappa shape index (κ3) is 3.09. The predicted molar refractivity (Wildman–Crippen MR) is 98.1 cm³/mol. The first-order valence-corrected chi connectivity index (χ1v) is 8.60. The van der Waals surface area contributed by atoms with Crippen molar-refractivity contribution in [1.29, 1.82) is 0 Å². The summed E-state index contributed by atoms with van der Waals surface area (Å²) in [6.45, 7) is 1.70. The van der Waals surface area contributed by atoms with Crippen molar-refractivity contribution in [3.8, 4) is 11.4 Å². The minimum Gasteiger partial charge on any atom is -0.324 e. The first-order valence-electron chi connectivity index (χ1n) is 8.60. The number of rotatable bonds is 5. The van der Waals surface area contributed by atoms with Crippen LogP contribution in [0, 0.1) is 0 Å². The maximum absolute atomic E-state index is 12.7. The molecule has 0 aliphatic heterocycles. The lowest BCUT2D eigenvalue weighted by Crippen LogP contribution is -2.45. The molecule has 0 bridgehead atoms. The van der Waals surface area contributed by atoms with Crippen LogP contribution in [0.5, 0.6) is 0 Å². The zero-order valence-electron chi connectivity index (χ0n) is 14.5. The Kier molecular flexibility index (Phi) is 4.00. The summed E-state index contributed by atoms with van der Waals surface area (Å²) in [6, 6.07) is 17.2. The molecule has 0 spiro atoms. The van der Waals surface area contributed by atoms with Crippen molar-refractivity contribution < 1.29 is 4.79 Å². The van der Waals surface area contributed by atoms with Crippen LogP contribution in [-0.4, -0.2) is 26.1 Å². The lowest BCUT2D eigenvalue weighted by atomic mass is 9.92. The Morgan fingerprint density at radius 3 is 2.69 bits per heavy atom. The maximum atomic E-state index is 12.7.